The first-order valence-corrected chi connectivity index (χ1v) is 10.9. The zero-order valence-corrected chi connectivity index (χ0v) is 17.7. The third kappa shape index (κ3) is 3.40. The van der Waals surface area contributed by atoms with Crippen molar-refractivity contribution in [1.29, 1.82) is 5.26 Å². The maximum absolute atomic E-state index is 12.7. The molecule has 0 aliphatic carbocycles. The summed E-state index contributed by atoms with van der Waals surface area (Å²) in [5.74, 6) is 0.348. The van der Waals surface area contributed by atoms with Gasteiger partial charge in [-0.3, -0.25) is 9.36 Å². The lowest BCUT2D eigenvalue weighted by molar-refractivity contribution is 0.420. The van der Waals surface area contributed by atoms with Crippen molar-refractivity contribution in [2.45, 2.75) is 11.7 Å². The van der Waals surface area contributed by atoms with E-state index in [1.165, 1.54) is 27.7 Å². The zero-order valence-electron chi connectivity index (χ0n) is 16.1. The van der Waals surface area contributed by atoms with Crippen LogP contribution < -0.4 is 5.56 Å². The number of aryl methyl sites for hydroxylation is 1. The maximum atomic E-state index is 12.7. The average Bonchev–Trinajstić information content (AvgIpc) is 3.35. The van der Waals surface area contributed by atoms with Gasteiger partial charge in [0.05, 0.1) is 22.2 Å². The molecule has 1 N–H and O–H groups in total. The van der Waals surface area contributed by atoms with E-state index in [0.717, 1.165) is 11.0 Å². The van der Waals surface area contributed by atoms with Crippen molar-refractivity contribution in [3.8, 4) is 6.07 Å². The summed E-state index contributed by atoms with van der Waals surface area (Å²) in [5, 5.41) is 23.2. The van der Waals surface area contributed by atoms with E-state index in [9.17, 15) is 15.2 Å². The number of hydrogen-bond acceptors (Lipinski definition) is 7. The number of aliphatic hydroxyl groups excluding tert-OH is 1. The largest absolute Gasteiger partial charge is 0.510 e. The fourth-order valence-electron chi connectivity index (χ4n) is 3.15. The van der Waals surface area contributed by atoms with E-state index >= 15 is 0 Å². The van der Waals surface area contributed by atoms with Crippen LogP contribution in [-0.4, -0.2) is 30.0 Å². The number of nitrogens with zero attached hydrogens (tertiary/aromatic N) is 5. The van der Waals surface area contributed by atoms with Crippen LogP contribution in [0.25, 0.3) is 26.8 Å². The highest BCUT2D eigenvalue weighted by molar-refractivity contribution is 7.99. The Kier molecular flexibility index (Phi) is 5.44. The van der Waals surface area contributed by atoms with E-state index < -0.39 is 0 Å². The van der Waals surface area contributed by atoms with Crippen molar-refractivity contribution in [1.82, 2.24) is 19.1 Å². The number of nitriles is 1. The van der Waals surface area contributed by atoms with Gasteiger partial charge in [-0.1, -0.05) is 30.0 Å². The standard InChI is InChI=1S/C21H17N5O2S2/c1-3-9-26-20(28)13-8-10-29-19(13)24-21(26)30-12-17(27)14(11-22)18-23-15-6-4-5-7-16(15)25(18)2/h3-8,10,27H,1,9,12H2,2H3/b17-14-. The Morgan fingerprint density at radius 1 is 1.37 bits per heavy atom. The van der Waals surface area contributed by atoms with Crippen molar-refractivity contribution >= 4 is 49.9 Å². The van der Waals surface area contributed by atoms with Gasteiger partial charge in [0, 0.05) is 13.6 Å². The van der Waals surface area contributed by atoms with Crippen LogP contribution in [0.4, 0.5) is 0 Å². The molecule has 0 bridgehead atoms. The second-order valence-corrected chi connectivity index (χ2v) is 8.28. The van der Waals surface area contributed by atoms with E-state index in [1.807, 2.05) is 29.6 Å². The third-order valence-electron chi connectivity index (χ3n) is 4.61. The first-order chi connectivity index (χ1) is 14.5. The van der Waals surface area contributed by atoms with Crippen molar-refractivity contribution in [2.75, 3.05) is 5.75 Å². The van der Waals surface area contributed by atoms with Gasteiger partial charge in [-0.15, -0.1) is 17.9 Å². The summed E-state index contributed by atoms with van der Waals surface area (Å²) < 4.78 is 3.29. The Morgan fingerprint density at radius 2 is 2.17 bits per heavy atom. The normalized spacial score (nSPS) is 12.1. The summed E-state index contributed by atoms with van der Waals surface area (Å²) in [5.41, 5.74) is 1.55. The molecule has 0 saturated carbocycles. The number of rotatable bonds is 6. The minimum atomic E-state index is -0.150. The molecule has 0 spiro atoms. The summed E-state index contributed by atoms with van der Waals surface area (Å²) in [6.07, 6.45) is 1.63. The van der Waals surface area contributed by atoms with Gasteiger partial charge in [-0.2, -0.15) is 5.26 Å². The number of benzene rings is 1. The molecule has 0 aliphatic heterocycles. The number of allylic oxidation sites excluding steroid dienone is 2. The molecule has 4 aromatic rings. The summed E-state index contributed by atoms with van der Waals surface area (Å²) in [6.45, 7) is 4.01. The minimum Gasteiger partial charge on any atom is -0.510 e. The number of aliphatic hydroxyl groups is 1. The fraction of sp³-hybridized carbons (Fsp3) is 0.143. The van der Waals surface area contributed by atoms with Crippen molar-refractivity contribution in [3.05, 3.63) is 70.3 Å². The SMILES string of the molecule is C=CCn1c(SC/C(O)=C(\C#N)c2nc3ccccc3n2C)nc2sccc2c1=O. The first kappa shape index (κ1) is 19.9. The van der Waals surface area contributed by atoms with Crippen LogP contribution in [0.15, 0.2) is 64.1 Å². The number of fused-ring (bicyclic) bond motifs is 2. The molecule has 9 heteroatoms. The fourth-order valence-corrected chi connectivity index (χ4v) is 4.84. The molecule has 4 rings (SSSR count). The first-order valence-electron chi connectivity index (χ1n) is 9.01. The number of imidazole rings is 1. The number of hydrogen-bond donors (Lipinski definition) is 1. The Bertz CT molecular complexity index is 1400. The monoisotopic (exact) mass is 435 g/mol. The van der Waals surface area contributed by atoms with Crippen LogP contribution in [0, 0.1) is 11.3 Å². The maximum Gasteiger partial charge on any atom is 0.263 e. The lowest BCUT2D eigenvalue weighted by atomic mass is 10.2. The Labute approximate surface area is 180 Å². The van der Waals surface area contributed by atoms with Gasteiger partial charge in [-0.05, 0) is 23.6 Å². The molecular weight excluding hydrogens is 418 g/mol. The van der Waals surface area contributed by atoms with Crippen molar-refractivity contribution in [3.63, 3.8) is 0 Å². The highest BCUT2D eigenvalue weighted by atomic mass is 32.2. The van der Waals surface area contributed by atoms with Crippen LogP contribution in [0.1, 0.15) is 5.82 Å². The molecular formula is C21H17N5O2S2. The molecule has 1 aromatic carbocycles. The Hall–Kier alpha value is -3.35. The zero-order chi connectivity index (χ0) is 21.3. The molecule has 0 atom stereocenters. The molecule has 3 heterocycles. The van der Waals surface area contributed by atoms with E-state index in [1.54, 1.807) is 23.8 Å². The number of thiophene rings is 1. The van der Waals surface area contributed by atoms with Gasteiger partial charge in [0.1, 0.15) is 22.2 Å². The Balaban J connectivity index is 1.71. The van der Waals surface area contributed by atoms with Gasteiger partial charge in [0.2, 0.25) is 0 Å². The van der Waals surface area contributed by atoms with Crippen LogP contribution >= 0.6 is 23.1 Å². The summed E-state index contributed by atoms with van der Waals surface area (Å²) in [4.78, 5) is 22.4. The molecule has 150 valence electrons. The van der Waals surface area contributed by atoms with Crippen LogP contribution in [0.3, 0.4) is 0 Å². The van der Waals surface area contributed by atoms with Gasteiger partial charge in [0.15, 0.2) is 11.0 Å². The summed E-state index contributed by atoms with van der Waals surface area (Å²) >= 11 is 2.58. The van der Waals surface area contributed by atoms with Gasteiger partial charge in [-0.25, -0.2) is 9.97 Å². The molecule has 0 saturated heterocycles. The molecule has 0 amide bonds. The van der Waals surface area contributed by atoms with E-state index in [-0.39, 0.29) is 22.6 Å². The predicted octanol–water partition coefficient (Wildman–Crippen LogP) is 4.12. The molecule has 7 nitrogen and oxygen atoms in total. The van der Waals surface area contributed by atoms with Crippen molar-refractivity contribution in [2.24, 2.45) is 7.05 Å². The van der Waals surface area contributed by atoms with Gasteiger partial charge >= 0.3 is 0 Å². The quantitative estimate of drug-likeness (QED) is 0.161. The molecule has 0 unspecified atom stereocenters. The van der Waals surface area contributed by atoms with E-state index in [4.69, 9.17) is 0 Å². The second kappa shape index (κ2) is 8.18. The highest BCUT2D eigenvalue weighted by Gasteiger charge is 2.18. The lowest BCUT2D eigenvalue weighted by Gasteiger charge is -2.10. The van der Waals surface area contributed by atoms with E-state index in [2.05, 4.69) is 22.6 Å². The second-order valence-electron chi connectivity index (χ2n) is 6.44. The number of thioether (sulfide) groups is 1. The Morgan fingerprint density at radius 3 is 2.90 bits per heavy atom. The predicted molar refractivity (Wildman–Crippen MR) is 121 cm³/mol. The average molecular weight is 436 g/mol. The molecule has 0 aliphatic rings. The van der Waals surface area contributed by atoms with Gasteiger partial charge in [0.25, 0.3) is 5.56 Å². The number of para-hydroxylation sites is 2. The minimum absolute atomic E-state index is 0.0760. The van der Waals surface area contributed by atoms with Gasteiger partial charge < -0.3 is 9.67 Å². The van der Waals surface area contributed by atoms with E-state index in [0.29, 0.717) is 27.7 Å². The summed E-state index contributed by atoms with van der Waals surface area (Å²) in [6, 6.07) is 11.3. The lowest BCUT2D eigenvalue weighted by Crippen LogP contribution is -2.22. The van der Waals surface area contributed by atoms with Crippen molar-refractivity contribution < 1.29 is 5.11 Å². The topological polar surface area (TPSA) is 96.7 Å². The van der Waals surface area contributed by atoms with Crippen LogP contribution in [0.2, 0.25) is 0 Å². The molecule has 3 aromatic heterocycles. The van der Waals surface area contributed by atoms with Crippen LogP contribution in [0.5, 0.6) is 0 Å². The van der Waals surface area contributed by atoms with Crippen LogP contribution in [-0.2, 0) is 13.6 Å². The molecule has 30 heavy (non-hydrogen) atoms. The molecule has 0 fully saturated rings. The smallest absolute Gasteiger partial charge is 0.263 e. The molecule has 0 radical (unpaired) electrons. The highest BCUT2D eigenvalue weighted by Crippen LogP contribution is 2.26. The summed E-state index contributed by atoms with van der Waals surface area (Å²) in [7, 11) is 1.80. The number of aromatic nitrogens is 4. The third-order valence-corrected chi connectivity index (χ3v) is 6.40.